The minimum absolute atomic E-state index is 0.0565. The molecular formula is C14H25N3O. The van der Waals surface area contributed by atoms with E-state index in [4.69, 9.17) is 10.6 Å². The highest BCUT2D eigenvalue weighted by Gasteiger charge is 2.24. The fourth-order valence-corrected chi connectivity index (χ4v) is 2.47. The molecule has 1 aromatic heterocycles. The highest BCUT2D eigenvalue weighted by Crippen LogP contribution is 2.32. The van der Waals surface area contributed by atoms with Gasteiger partial charge in [0.05, 0.1) is 13.2 Å². The number of nitrogens with zero attached hydrogens (tertiary/aromatic N) is 1. The Bertz CT molecular complexity index is 338. The van der Waals surface area contributed by atoms with Gasteiger partial charge in [-0.05, 0) is 30.9 Å². The van der Waals surface area contributed by atoms with E-state index in [9.17, 15) is 0 Å². The molecule has 1 heterocycles. The second-order valence-corrected chi connectivity index (χ2v) is 4.57. The van der Waals surface area contributed by atoms with Gasteiger partial charge in [-0.3, -0.25) is 16.3 Å². The molecule has 102 valence electrons. The maximum Gasteiger partial charge on any atom is 0.142 e. The SMILES string of the molecule is CCCC(CCC)C(NN)c1ncccc1OC. The lowest BCUT2D eigenvalue weighted by atomic mass is 9.88. The van der Waals surface area contributed by atoms with Crippen molar-refractivity contribution in [2.75, 3.05) is 7.11 Å². The first-order valence-electron chi connectivity index (χ1n) is 6.73. The van der Waals surface area contributed by atoms with E-state index < -0.39 is 0 Å². The lowest BCUT2D eigenvalue weighted by molar-refractivity contribution is 0.301. The normalized spacial score (nSPS) is 12.7. The molecule has 0 spiro atoms. The largest absolute Gasteiger partial charge is 0.495 e. The van der Waals surface area contributed by atoms with Gasteiger partial charge >= 0.3 is 0 Å². The third-order valence-electron chi connectivity index (χ3n) is 3.28. The minimum Gasteiger partial charge on any atom is -0.495 e. The van der Waals surface area contributed by atoms with Crippen LogP contribution < -0.4 is 16.0 Å². The van der Waals surface area contributed by atoms with Crippen molar-refractivity contribution in [2.45, 2.75) is 45.6 Å². The zero-order chi connectivity index (χ0) is 13.4. The van der Waals surface area contributed by atoms with Crippen molar-refractivity contribution in [3.63, 3.8) is 0 Å². The molecule has 0 saturated carbocycles. The number of nitrogens with one attached hydrogen (secondary N) is 1. The van der Waals surface area contributed by atoms with Crippen LogP contribution in [0, 0.1) is 5.92 Å². The summed E-state index contributed by atoms with van der Waals surface area (Å²) in [5, 5.41) is 0. The predicted octanol–water partition coefficient (Wildman–Crippen LogP) is 2.81. The van der Waals surface area contributed by atoms with Crippen LogP contribution >= 0.6 is 0 Å². The predicted molar refractivity (Wildman–Crippen MR) is 74.2 cm³/mol. The van der Waals surface area contributed by atoms with E-state index in [1.165, 1.54) is 0 Å². The Balaban J connectivity index is 2.98. The maximum absolute atomic E-state index is 5.74. The van der Waals surface area contributed by atoms with Crippen molar-refractivity contribution in [1.82, 2.24) is 10.4 Å². The molecule has 0 bridgehead atoms. The average molecular weight is 251 g/mol. The third-order valence-corrected chi connectivity index (χ3v) is 3.28. The number of aromatic nitrogens is 1. The van der Waals surface area contributed by atoms with Gasteiger partial charge in [-0.1, -0.05) is 26.7 Å². The number of hydrazine groups is 1. The smallest absolute Gasteiger partial charge is 0.142 e. The Morgan fingerprint density at radius 2 is 2.00 bits per heavy atom. The van der Waals surface area contributed by atoms with E-state index in [0.717, 1.165) is 37.1 Å². The van der Waals surface area contributed by atoms with Crippen molar-refractivity contribution in [1.29, 1.82) is 0 Å². The zero-order valence-corrected chi connectivity index (χ0v) is 11.6. The minimum atomic E-state index is 0.0565. The van der Waals surface area contributed by atoms with E-state index in [1.54, 1.807) is 13.3 Å². The van der Waals surface area contributed by atoms with Gasteiger partial charge in [-0.2, -0.15) is 0 Å². The monoisotopic (exact) mass is 251 g/mol. The second kappa shape index (κ2) is 8.06. The zero-order valence-electron chi connectivity index (χ0n) is 11.6. The first kappa shape index (κ1) is 14.9. The van der Waals surface area contributed by atoms with E-state index in [1.807, 2.05) is 12.1 Å². The Hall–Kier alpha value is -1.13. The molecule has 0 radical (unpaired) electrons. The summed E-state index contributed by atoms with van der Waals surface area (Å²) >= 11 is 0. The standard InChI is InChI=1S/C14H25N3O/c1-4-7-11(8-5-2)13(17-15)14-12(18-3)9-6-10-16-14/h6,9-11,13,17H,4-5,7-8,15H2,1-3H3. The number of ether oxygens (including phenoxy) is 1. The molecule has 0 fully saturated rings. The van der Waals surface area contributed by atoms with Gasteiger partial charge < -0.3 is 4.74 Å². The number of hydrogen-bond donors (Lipinski definition) is 2. The summed E-state index contributed by atoms with van der Waals surface area (Å²) < 4.78 is 5.38. The molecular weight excluding hydrogens is 226 g/mol. The van der Waals surface area contributed by atoms with Gasteiger partial charge in [0.25, 0.3) is 0 Å². The van der Waals surface area contributed by atoms with Crippen molar-refractivity contribution in [3.05, 3.63) is 24.0 Å². The molecule has 18 heavy (non-hydrogen) atoms. The Morgan fingerprint density at radius 3 is 2.50 bits per heavy atom. The summed E-state index contributed by atoms with van der Waals surface area (Å²) in [4.78, 5) is 4.44. The lowest BCUT2D eigenvalue weighted by Gasteiger charge is -2.26. The molecule has 4 nitrogen and oxygen atoms in total. The van der Waals surface area contributed by atoms with Crippen LogP contribution in [0.1, 0.15) is 51.3 Å². The maximum atomic E-state index is 5.74. The summed E-state index contributed by atoms with van der Waals surface area (Å²) in [5.74, 6) is 7.04. The fourth-order valence-electron chi connectivity index (χ4n) is 2.47. The fraction of sp³-hybridized carbons (Fsp3) is 0.643. The van der Waals surface area contributed by atoms with Crippen LogP contribution in [-0.2, 0) is 0 Å². The van der Waals surface area contributed by atoms with Crippen LogP contribution in [-0.4, -0.2) is 12.1 Å². The summed E-state index contributed by atoms with van der Waals surface area (Å²) in [7, 11) is 1.67. The van der Waals surface area contributed by atoms with Gasteiger partial charge in [-0.25, -0.2) is 0 Å². The van der Waals surface area contributed by atoms with Crippen molar-refractivity contribution in [3.8, 4) is 5.75 Å². The van der Waals surface area contributed by atoms with E-state index in [-0.39, 0.29) is 6.04 Å². The Kier molecular flexibility index (Phi) is 6.68. The van der Waals surface area contributed by atoms with Gasteiger partial charge in [0.15, 0.2) is 0 Å². The molecule has 1 aromatic rings. The topological polar surface area (TPSA) is 60.2 Å². The molecule has 1 rings (SSSR count). The van der Waals surface area contributed by atoms with Gasteiger partial charge in [-0.15, -0.1) is 0 Å². The van der Waals surface area contributed by atoms with E-state index in [2.05, 4.69) is 24.3 Å². The number of methoxy groups -OCH3 is 1. The molecule has 0 amide bonds. The number of hydrogen-bond acceptors (Lipinski definition) is 4. The lowest BCUT2D eigenvalue weighted by Crippen LogP contribution is -2.34. The van der Waals surface area contributed by atoms with Crippen molar-refractivity contribution >= 4 is 0 Å². The molecule has 1 atom stereocenters. The molecule has 0 aromatic carbocycles. The van der Waals surface area contributed by atoms with Gasteiger partial charge in [0.1, 0.15) is 11.4 Å². The molecule has 1 unspecified atom stereocenters. The highest BCUT2D eigenvalue weighted by atomic mass is 16.5. The number of rotatable bonds is 8. The second-order valence-electron chi connectivity index (χ2n) is 4.57. The van der Waals surface area contributed by atoms with Crippen molar-refractivity contribution < 1.29 is 4.74 Å². The molecule has 0 aliphatic carbocycles. The average Bonchev–Trinajstić information content (AvgIpc) is 2.40. The summed E-state index contributed by atoms with van der Waals surface area (Å²) in [6.07, 6.45) is 6.37. The first-order chi connectivity index (χ1) is 8.78. The highest BCUT2D eigenvalue weighted by molar-refractivity contribution is 5.29. The number of pyridine rings is 1. The van der Waals surface area contributed by atoms with Crippen LogP contribution in [0.5, 0.6) is 5.75 Å². The van der Waals surface area contributed by atoms with Crippen LogP contribution in [0.4, 0.5) is 0 Å². The number of nitrogens with two attached hydrogens (primary N) is 1. The Morgan fingerprint density at radius 1 is 1.33 bits per heavy atom. The third kappa shape index (κ3) is 3.68. The summed E-state index contributed by atoms with van der Waals surface area (Å²) in [6, 6.07) is 3.87. The van der Waals surface area contributed by atoms with E-state index in [0.29, 0.717) is 5.92 Å². The molecule has 0 saturated heterocycles. The first-order valence-corrected chi connectivity index (χ1v) is 6.73. The molecule has 0 aliphatic rings. The summed E-state index contributed by atoms with van der Waals surface area (Å²) in [6.45, 7) is 4.40. The molecule has 4 heteroatoms. The van der Waals surface area contributed by atoms with Crippen LogP contribution in [0.25, 0.3) is 0 Å². The van der Waals surface area contributed by atoms with Crippen molar-refractivity contribution in [2.24, 2.45) is 11.8 Å². The van der Waals surface area contributed by atoms with Gasteiger partial charge in [0.2, 0.25) is 0 Å². The molecule has 0 aliphatic heterocycles. The van der Waals surface area contributed by atoms with E-state index >= 15 is 0 Å². The van der Waals surface area contributed by atoms with Crippen LogP contribution in [0.15, 0.2) is 18.3 Å². The molecule has 3 N–H and O–H groups in total. The quantitative estimate of drug-likeness (QED) is 0.551. The Labute approximate surface area is 110 Å². The summed E-state index contributed by atoms with van der Waals surface area (Å²) in [5.41, 5.74) is 3.83. The van der Waals surface area contributed by atoms with Crippen LogP contribution in [0.3, 0.4) is 0 Å². The van der Waals surface area contributed by atoms with Gasteiger partial charge in [0, 0.05) is 6.20 Å². The van der Waals surface area contributed by atoms with Crippen LogP contribution in [0.2, 0.25) is 0 Å².